The fraction of sp³-hybridized carbons (Fsp3) is 0.343. The van der Waals surface area contributed by atoms with Gasteiger partial charge in [-0.05, 0) is 78.1 Å². The molecule has 45 heavy (non-hydrogen) atoms. The number of ether oxygens (including phenoxy) is 1. The van der Waals surface area contributed by atoms with Crippen molar-refractivity contribution < 1.29 is 19.6 Å². The van der Waals surface area contributed by atoms with Crippen molar-refractivity contribution in [2.24, 2.45) is 5.10 Å². The second-order valence-corrected chi connectivity index (χ2v) is 13.2. The first-order valence-electron chi connectivity index (χ1n) is 14.8. The second-order valence-electron chi connectivity index (χ2n) is 13.2. The lowest BCUT2D eigenvalue weighted by molar-refractivity contribution is -0.385. The third-order valence-corrected chi connectivity index (χ3v) is 7.54. The minimum absolute atomic E-state index is 0.103. The molecule has 1 amide bonds. The van der Waals surface area contributed by atoms with Gasteiger partial charge in [-0.2, -0.15) is 5.10 Å². The molecule has 0 saturated heterocycles. The van der Waals surface area contributed by atoms with Crippen LogP contribution < -0.4 is 10.2 Å². The van der Waals surface area contributed by atoms with Gasteiger partial charge in [-0.25, -0.2) is 10.4 Å². The van der Waals surface area contributed by atoms with Crippen LogP contribution in [0.5, 0.6) is 17.4 Å². The number of aryl methyl sites for hydroxylation is 2. The molecule has 2 aromatic carbocycles. The van der Waals surface area contributed by atoms with E-state index in [1.807, 2.05) is 44.2 Å². The van der Waals surface area contributed by atoms with Crippen LogP contribution in [0.3, 0.4) is 0 Å². The van der Waals surface area contributed by atoms with Gasteiger partial charge in [0, 0.05) is 41.2 Å². The summed E-state index contributed by atoms with van der Waals surface area (Å²) in [6, 6.07) is 16.2. The molecular weight excluding hydrogens is 570 g/mol. The molecule has 4 rings (SSSR count). The number of carbonyl (C=O) groups is 1. The van der Waals surface area contributed by atoms with Crippen molar-refractivity contribution in [2.45, 2.75) is 79.1 Å². The van der Waals surface area contributed by atoms with E-state index < -0.39 is 4.92 Å². The molecule has 10 heteroatoms. The maximum atomic E-state index is 12.7. The Morgan fingerprint density at radius 3 is 2.18 bits per heavy atom. The number of hydrogen-bond acceptors (Lipinski definition) is 7. The number of aromatic hydroxyl groups is 1. The zero-order valence-electron chi connectivity index (χ0n) is 27.1. The smallest absolute Gasteiger partial charge is 0.287 e. The van der Waals surface area contributed by atoms with E-state index in [0.29, 0.717) is 17.9 Å². The Labute approximate surface area is 263 Å². The van der Waals surface area contributed by atoms with Crippen LogP contribution in [0, 0.1) is 24.0 Å². The zero-order chi connectivity index (χ0) is 33.1. The third-order valence-electron chi connectivity index (χ3n) is 7.54. The highest BCUT2D eigenvalue weighted by molar-refractivity contribution is 5.84. The summed E-state index contributed by atoms with van der Waals surface area (Å²) in [6.45, 7) is 16.4. The molecule has 0 aliphatic heterocycles. The number of aromatic nitrogens is 2. The first kappa shape index (κ1) is 32.9. The Bertz CT molecular complexity index is 1690. The molecule has 0 spiro atoms. The Morgan fingerprint density at radius 1 is 1.02 bits per heavy atom. The van der Waals surface area contributed by atoms with Crippen LogP contribution in [0.4, 0.5) is 5.69 Å². The van der Waals surface area contributed by atoms with Crippen molar-refractivity contribution in [3.05, 3.63) is 105 Å². The highest BCUT2D eigenvalue weighted by Crippen LogP contribution is 2.40. The maximum absolute atomic E-state index is 12.7. The lowest BCUT2D eigenvalue weighted by Gasteiger charge is -2.28. The highest BCUT2D eigenvalue weighted by Gasteiger charge is 2.26. The summed E-state index contributed by atoms with van der Waals surface area (Å²) < 4.78 is 7.80. The minimum Gasteiger partial charge on any atom is -0.507 e. The van der Waals surface area contributed by atoms with E-state index in [-0.39, 0.29) is 34.7 Å². The molecule has 0 unspecified atom stereocenters. The largest absolute Gasteiger partial charge is 0.507 e. The van der Waals surface area contributed by atoms with Gasteiger partial charge in [0.2, 0.25) is 11.8 Å². The molecule has 2 heterocycles. The van der Waals surface area contributed by atoms with Crippen LogP contribution in [-0.4, -0.2) is 31.7 Å². The van der Waals surface area contributed by atoms with Crippen molar-refractivity contribution in [3.8, 4) is 23.1 Å². The molecular formula is C35H41N5O5. The van der Waals surface area contributed by atoms with Gasteiger partial charge in [-0.15, -0.1) is 0 Å². The van der Waals surface area contributed by atoms with Crippen molar-refractivity contribution in [1.82, 2.24) is 15.0 Å². The Kier molecular flexibility index (Phi) is 9.46. The molecule has 0 saturated carbocycles. The van der Waals surface area contributed by atoms with Gasteiger partial charge in [-0.3, -0.25) is 14.9 Å². The number of benzene rings is 2. The number of nitrogens with zero attached hydrogens (tertiary/aromatic N) is 4. The van der Waals surface area contributed by atoms with E-state index in [0.717, 1.165) is 45.5 Å². The third kappa shape index (κ3) is 7.94. The molecule has 0 atom stereocenters. The summed E-state index contributed by atoms with van der Waals surface area (Å²) in [5.74, 6) is 0.938. The predicted molar refractivity (Wildman–Crippen MR) is 176 cm³/mol. The molecule has 0 aliphatic rings. The van der Waals surface area contributed by atoms with Crippen LogP contribution in [0.25, 0.3) is 5.69 Å². The van der Waals surface area contributed by atoms with Crippen LogP contribution >= 0.6 is 0 Å². The average molecular weight is 612 g/mol. The standard InChI is InChI=1S/C35H41N5O5/c1-22-17-25(23(2)39(22)26-10-13-28(14-11-26)45-32-16-12-27(21-36-32)40(43)44)20-37-38-31(41)15-9-24-18-29(34(3,4)5)33(42)30(19-24)35(6,7)8/h10-14,16-21,42H,9,15H2,1-8H3,(H,38,41)/b37-20-. The number of phenolic OH excluding ortho intramolecular Hbond substituents is 1. The van der Waals surface area contributed by atoms with E-state index in [1.54, 1.807) is 18.3 Å². The molecule has 0 radical (unpaired) electrons. The number of nitrogens with one attached hydrogen (secondary N) is 1. The Morgan fingerprint density at radius 2 is 1.64 bits per heavy atom. The monoisotopic (exact) mass is 611 g/mol. The number of rotatable bonds is 9. The summed E-state index contributed by atoms with van der Waals surface area (Å²) in [5.41, 5.74) is 8.56. The van der Waals surface area contributed by atoms with Crippen molar-refractivity contribution in [3.63, 3.8) is 0 Å². The summed E-state index contributed by atoms with van der Waals surface area (Å²) in [4.78, 5) is 27.0. The average Bonchev–Trinajstić information content (AvgIpc) is 3.24. The number of pyridine rings is 1. The van der Waals surface area contributed by atoms with Crippen LogP contribution in [-0.2, 0) is 22.0 Å². The predicted octanol–water partition coefficient (Wildman–Crippen LogP) is 7.57. The number of nitro groups is 1. The highest BCUT2D eigenvalue weighted by atomic mass is 16.6. The van der Waals surface area contributed by atoms with Gasteiger partial charge in [0.05, 0.1) is 11.1 Å². The fourth-order valence-electron chi connectivity index (χ4n) is 5.11. The van der Waals surface area contributed by atoms with Gasteiger partial charge < -0.3 is 14.4 Å². The van der Waals surface area contributed by atoms with Gasteiger partial charge in [0.15, 0.2) is 0 Å². The van der Waals surface area contributed by atoms with Gasteiger partial charge >= 0.3 is 0 Å². The lowest BCUT2D eigenvalue weighted by atomic mass is 9.78. The van der Waals surface area contributed by atoms with Gasteiger partial charge in [0.25, 0.3) is 5.69 Å². The molecule has 0 bridgehead atoms. The molecule has 2 N–H and O–H groups in total. The van der Waals surface area contributed by atoms with Gasteiger partial charge in [-0.1, -0.05) is 53.7 Å². The van der Waals surface area contributed by atoms with Crippen molar-refractivity contribution in [1.29, 1.82) is 0 Å². The van der Waals surface area contributed by atoms with Gasteiger partial charge in [0.1, 0.15) is 17.7 Å². The summed E-state index contributed by atoms with van der Waals surface area (Å²) >= 11 is 0. The number of hydrazone groups is 1. The van der Waals surface area contributed by atoms with E-state index in [4.69, 9.17) is 4.74 Å². The van der Waals surface area contributed by atoms with E-state index >= 15 is 0 Å². The lowest BCUT2D eigenvalue weighted by Crippen LogP contribution is -2.20. The molecule has 236 valence electrons. The zero-order valence-corrected chi connectivity index (χ0v) is 27.1. The summed E-state index contributed by atoms with van der Waals surface area (Å²) in [6.07, 6.45) is 3.59. The van der Waals surface area contributed by atoms with Crippen molar-refractivity contribution >= 4 is 17.8 Å². The second kappa shape index (κ2) is 12.9. The fourth-order valence-corrected chi connectivity index (χ4v) is 5.11. The number of phenols is 1. The van der Waals surface area contributed by atoms with E-state index in [1.165, 1.54) is 12.1 Å². The Hall–Kier alpha value is -4.99. The van der Waals surface area contributed by atoms with E-state index in [2.05, 4.69) is 61.6 Å². The normalized spacial score (nSPS) is 12.0. The first-order valence-corrected chi connectivity index (χ1v) is 14.8. The quantitative estimate of drug-likeness (QED) is 0.114. The number of carbonyl (C=O) groups excluding carboxylic acids is 1. The van der Waals surface area contributed by atoms with Crippen molar-refractivity contribution in [2.75, 3.05) is 0 Å². The SMILES string of the molecule is Cc1cc(/C=N\NC(=O)CCc2cc(C(C)(C)C)c(O)c(C(C)(C)C)c2)c(C)n1-c1ccc(Oc2ccc([N+](=O)[O-])cn2)cc1. The number of hydrogen-bond donors (Lipinski definition) is 2. The molecule has 0 aliphatic carbocycles. The maximum Gasteiger partial charge on any atom is 0.287 e. The topological polar surface area (TPSA) is 132 Å². The van der Waals surface area contributed by atoms with Crippen LogP contribution in [0.1, 0.15) is 81.6 Å². The molecule has 4 aromatic rings. The first-order chi connectivity index (χ1) is 21.0. The molecule has 2 aromatic heterocycles. The van der Waals surface area contributed by atoms with E-state index in [9.17, 15) is 20.0 Å². The summed E-state index contributed by atoms with van der Waals surface area (Å²) in [5, 5.41) is 26.0. The summed E-state index contributed by atoms with van der Waals surface area (Å²) in [7, 11) is 0. The number of amides is 1. The molecule has 0 fully saturated rings. The minimum atomic E-state index is -0.510. The Balaban J connectivity index is 1.40. The van der Waals surface area contributed by atoms with Crippen LogP contribution in [0.15, 0.2) is 65.9 Å². The van der Waals surface area contributed by atoms with Crippen LogP contribution in [0.2, 0.25) is 0 Å². The molecule has 10 nitrogen and oxygen atoms in total.